The number of benzene rings is 2. The molecule has 0 bridgehead atoms. The Bertz CT molecular complexity index is 1810. The first-order valence-corrected chi connectivity index (χ1v) is 14.7. The lowest BCUT2D eigenvalue weighted by molar-refractivity contribution is 0.339. The molecule has 3 heterocycles. The van der Waals surface area contributed by atoms with Crippen LogP contribution in [0, 0.1) is 11.2 Å². The summed E-state index contributed by atoms with van der Waals surface area (Å²) in [5.41, 5.74) is 5.96. The Hall–Kier alpha value is -3.51. The second-order valence-electron chi connectivity index (χ2n) is 10.4. The van der Waals surface area contributed by atoms with Crippen LogP contribution in [-0.4, -0.2) is 39.2 Å². The quantitative estimate of drug-likeness (QED) is 0.194. The van der Waals surface area contributed by atoms with Gasteiger partial charge >= 0.3 is 0 Å². The van der Waals surface area contributed by atoms with Gasteiger partial charge in [0, 0.05) is 12.1 Å². The summed E-state index contributed by atoms with van der Waals surface area (Å²) in [6, 6.07) is 14.7. The van der Waals surface area contributed by atoms with Gasteiger partial charge in [0.25, 0.3) is 10.1 Å². The van der Waals surface area contributed by atoms with Gasteiger partial charge in [0.05, 0.1) is 33.3 Å². The zero-order valence-corrected chi connectivity index (χ0v) is 24.3. The topological polar surface area (TPSA) is 115 Å². The normalized spacial score (nSPS) is 12.3. The molecule has 5 aromatic rings. The van der Waals surface area contributed by atoms with E-state index in [2.05, 4.69) is 15.4 Å². The second-order valence-corrected chi connectivity index (χ2v) is 12.8. The molecule has 208 valence electrons. The number of anilines is 1. The molecular weight excluding hydrogens is 578 g/mol. The first-order valence-electron chi connectivity index (χ1n) is 12.1. The minimum Gasteiger partial charge on any atom is -0.337 e. The van der Waals surface area contributed by atoms with Gasteiger partial charge < -0.3 is 4.98 Å². The fourth-order valence-electron chi connectivity index (χ4n) is 4.18. The average Bonchev–Trinajstić information content (AvgIpc) is 3.43. The largest absolute Gasteiger partial charge is 0.337 e. The number of nitrogens with zero attached hydrogens (tertiary/aromatic N) is 4. The molecule has 0 aliphatic heterocycles. The maximum absolute atomic E-state index is 13.8. The standard InChI is InChI=1S/C27H25Cl2FN6O3S/c1-27(2,3)14-36-25-20(32-26(36)35-39-40(4,37)38)13-12-19(31-25)23-22(15-8-10-16(30)11-9-15)33-24(34-23)21-17(28)6-5-7-18(21)29/h5-13H,14H2,1-4H3,(H,32,35)(H,33,34). The molecule has 2 N–H and O–H groups in total. The zero-order valence-electron chi connectivity index (χ0n) is 22.0. The molecule has 0 saturated carbocycles. The maximum Gasteiger partial charge on any atom is 0.285 e. The van der Waals surface area contributed by atoms with Crippen LogP contribution in [0.1, 0.15) is 20.8 Å². The molecule has 9 nitrogen and oxygen atoms in total. The molecule has 0 aliphatic rings. The highest BCUT2D eigenvalue weighted by atomic mass is 35.5. The monoisotopic (exact) mass is 602 g/mol. The van der Waals surface area contributed by atoms with Crippen LogP contribution < -0.4 is 5.48 Å². The van der Waals surface area contributed by atoms with Crippen LogP contribution in [0.15, 0.2) is 54.6 Å². The molecule has 0 saturated heterocycles. The molecule has 0 fully saturated rings. The number of hydrogen-bond donors (Lipinski definition) is 2. The van der Waals surface area contributed by atoms with Gasteiger partial charge in [-0.3, -0.25) is 4.57 Å². The lowest BCUT2D eigenvalue weighted by Crippen LogP contribution is -2.19. The van der Waals surface area contributed by atoms with Crippen LogP contribution in [-0.2, 0) is 20.9 Å². The van der Waals surface area contributed by atoms with Crippen molar-refractivity contribution >= 4 is 50.4 Å². The Morgan fingerprint density at radius 2 is 1.68 bits per heavy atom. The van der Waals surface area contributed by atoms with E-state index in [1.165, 1.54) is 12.1 Å². The van der Waals surface area contributed by atoms with Crippen LogP contribution in [0.3, 0.4) is 0 Å². The molecule has 5 rings (SSSR count). The van der Waals surface area contributed by atoms with E-state index in [9.17, 15) is 12.8 Å². The number of fused-ring (bicyclic) bond motifs is 1. The van der Waals surface area contributed by atoms with Crippen LogP contribution in [0.5, 0.6) is 0 Å². The summed E-state index contributed by atoms with van der Waals surface area (Å²) in [5, 5.41) is 0.818. The number of aromatic amines is 1. The third kappa shape index (κ3) is 5.97. The Morgan fingerprint density at radius 3 is 2.30 bits per heavy atom. The number of imidazole rings is 2. The molecule has 0 unspecified atom stereocenters. The molecular formula is C27H25Cl2FN6O3S. The Balaban J connectivity index is 1.71. The smallest absolute Gasteiger partial charge is 0.285 e. The van der Waals surface area contributed by atoms with Crippen LogP contribution >= 0.6 is 23.2 Å². The second kappa shape index (κ2) is 10.5. The summed E-state index contributed by atoms with van der Waals surface area (Å²) in [6.07, 6.45) is 0.935. The summed E-state index contributed by atoms with van der Waals surface area (Å²) in [4.78, 5) is 17.5. The third-order valence-electron chi connectivity index (χ3n) is 5.79. The number of halogens is 3. The number of aromatic nitrogens is 5. The van der Waals surface area contributed by atoms with Crippen molar-refractivity contribution in [2.75, 3.05) is 11.7 Å². The van der Waals surface area contributed by atoms with Crippen molar-refractivity contribution in [1.29, 1.82) is 0 Å². The summed E-state index contributed by atoms with van der Waals surface area (Å²) >= 11 is 13.0. The fraction of sp³-hybridized carbons (Fsp3) is 0.222. The van der Waals surface area contributed by atoms with Crippen LogP contribution in [0.2, 0.25) is 10.0 Å². The number of H-pyrrole nitrogens is 1. The van der Waals surface area contributed by atoms with Gasteiger partial charge in [0.2, 0.25) is 5.95 Å². The highest BCUT2D eigenvalue weighted by Crippen LogP contribution is 2.38. The predicted octanol–water partition coefficient (Wildman–Crippen LogP) is 6.95. The maximum atomic E-state index is 13.8. The SMILES string of the molecule is CC(C)(C)Cn1c(NOS(C)(=O)=O)nc2ccc(-c3nc(-c4c(Cl)cccc4Cl)[nH]c3-c3ccc(F)cc3)nc21. The third-order valence-corrected chi connectivity index (χ3v) is 6.80. The minimum atomic E-state index is -3.79. The number of rotatable bonds is 7. The van der Waals surface area contributed by atoms with Crippen molar-refractivity contribution in [2.24, 2.45) is 5.41 Å². The molecule has 0 aliphatic carbocycles. The molecule has 0 atom stereocenters. The van der Waals surface area contributed by atoms with Crippen molar-refractivity contribution in [3.8, 4) is 34.0 Å². The highest BCUT2D eigenvalue weighted by Gasteiger charge is 2.23. The first kappa shape index (κ1) is 28.0. The van der Waals surface area contributed by atoms with Gasteiger partial charge in [-0.25, -0.2) is 24.8 Å². The van der Waals surface area contributed by atoms with Gasteiger partial charge in [0.15, 0.2) is 5.65 Å². The van der Waals surface area contributed by atoms with E-state index in [1.54, 1.807) is 47.0 Å². The van der Waals surface area contributed by atoms with E-state index >= 15 is 0 Å². The highest BCUT2D eigenvalue weighted by molar-refractivity contribution is 7.86. The van der Waals surface area contributed by atoms with Crippen molar-refractivity contribution < 1.29 is 17.1 Å². The predicted molar refractivity (Wildman–Crippen MR) is 155 cm³/mol. The van der Waals surface area contributed by atoms with Gasteiger partial charge in [-0.05, 0) is 53.9 Å². The number of hydrogen-bond acceptors (Lipinski definition) is 7. The van der Waals surface area contributed by atoms with Crippen molar-refractivity contribution in [2.45, 2.75) is 27.3 Å². The van der Waals surface area contributed by atoms with Crippen LogP contribution in [0.25, 0.3) is 45.2 Å². The minimum absolute atomic E-state index is 0.185. The molecule has 13 heteroatoms. The number of nitrogens with one attached hydrogen (secondary N) is 2. The first-order chi connectivity index (χ1) is 18.8. The Kier molecular flexibility index (Phi) is 7.34. The molecule has 0 radical (unpaired) electrons. The fourth-order valence-corrected chi connectivity index (χ4v) is 4.98. The van der Waals surface area contributed by atoms with Gasteiger partial charge in [-0.2, -0.15) is 8.42 Å². The van der Waals surface area contributed by atoms with Gasteiger partial charge in [0.1, 0.15) is 22.9 Å². The lowest BCUT2D eigenvalue weighted by atomic mass is 9.97. The molecule has 3 aromatic heterocycles. The Labute approximate surface area is 240 Å². The van der Waals surface area contributed by atoms with E-state index in [4.69, 9.17) is 37.5 Å². The van der Waals surface area contributed by atoms with Crippen molar-refractivity contribution in [1.82, 2.24) is 24.5 Å². The summed E-state index contributed by atoms with van der Waals surface area (Å²) in [6.45, 7) is 6.54. The van der Waals surface area contributed by atoms with E-state index < -0.39 is 10.1 Å². The van der Waals surface area contributed by atoms with E-state index in [1.807, 2.05) is 20.8 Å². The van der Waals surface area contributed by atoms with Crippen LogP contribution in [0.4, 0.5) is 10.3 Å². The van der Waals surface area contributed by atoms with Gasteiger partial charge in [-0.1, -0.05) is 50.0 Å². The summed E-state index contributed by atoms with van der Waals surface area (Å²) in [5.74, 6) is 0.226. The average molecular weight is 604 g/mol. The van der Waals surface area contributed by atoms with Gasteiger partial charge in [-0.15, -0.1) is 4.28 Å². The number of pyridine rings is 1. The van der Waals surface area contributed by atoms with Crippen molar-refractivity contribution in [3.05, 3.63) is 70.5 Å². The van der Waals surface area contributed by atoms with E-state index in [0.29, 0.717) is 61.8 Å². The Morgan fingerprint density at radius 1 is 1.00 bits per heavy atom. The van der Waals surface area contributed by atoms with E-state index in [-0.39, 0.29) is 17.2 Å². The summed E-state index contributed by atoms with van der Waals surface area (Å²) in [7, 11) is -3.79. The zero-order chi connectivity index (χ0) is 28.8. The molecule has 0 amide bonds. The van der Waals surface area contributed by atoms with Crippen molar-refractivity contribution in [3.63, 3.8) is 0 Å². The molecule has 0 spiro atoms. The molecule has 2 aromatic carbocycles. The van der Waals surface area contributed by atoms with E-state index in [0.717, 1.165) is 6.26 Å². The molecule has 40 heavy (non-hydrogen) atoms. The summed E-state index contributed by atoms with van der Waals surface area (Å²) < 4.78 is 43.6. The lowest BCUT2D eigenvalue weighted by Gasteiger charge is -2.20.